The highest BCUT2D eigenvalue weighted by atomic mass is 35.5. The fourth-order valence-corrected chi connectivity index (χ4v) is 1.56. The summed E-state index contributed by atoms with van der Waals surface area (Å²) < 4.78 is 0. The highest BCUT2D eigenvalue weighted by molar-refractivity contribution is 6.30. The molecule has 18 heavy (non-hydrogen) atoms. The van der Waals surface area contributed by atoms with Gasteiger partial charge < -0.3 is 10.4 Å². The zero-order valence-corrected chi connectivity index (χ0v) is 10.8. The lowest BCUT2D eigenvalue weighted by molar-refractivity contribution is -0.138. The van der Waals surface area contributed by atoms with Gasteiger partial charge in [0.15, 0.2) is 0 Å². The zero-order valence-electron chi connectivity index (χ0n) is 10.0. The maximum Gasteiger partial charge on any atom is 0.322 e. The van der Waals surface area contributed by atoms with Crippen molar-refractivity contribution >= 4 is 23.5 Å². The minimum absolute atomic E-state index is 0.149. The minimum atomic E-state index is -1.05. The van der Waals surface area contributed by atoms with Gasteiger partial charge in [-0.15, -0.1) is 0 Å². The molecule has 1 aromatic carbocycles. The second-order valence-electron chi connectivity index (χ2n) is 3.97. The van der Waals surface area contributed by atoms with Gasteiger partial charge in [-0.1, -0.05) is 23.7 Å². The molecular weight excluding hydrogens is 256 g/mol. The molecule has 0 saturated carbocycles. The van der Waals surface area contributed by atoms with Crippen molar-refractivity contribution in [1.29, 1.82) is 0 Å². The van der Waals surface area contributed by atoms with Crippen LogP contribution in [0.2, 0.25) is 5.02 Å². The summed E-state index contributed by atoms with van der Waals surface area (Å²) in [5.74, 6) is -1.36. The number of carbonyl (C=O) groups is 2. The number of carbonyl (C=O) groups excluding carboxylic acids is 1. The lowest BCUT2D eigenvalue weighted by atomic mass is 10.2. The topological polar surface area (TPSA) is 69.6 Å². The number of carboxylic acids is 1. The Hall–Kier alpha value is -1.59. The number of likely N-dealkylation sites (N-methyl/N-ethyl adjacent to an activating group) is 1. The number of rotatable bonds is 6. The maximum absolute atomic E-state index is 11.4. The molecule has 0 radical (unpaired) electrons. The second-order valence-corrected chi connectivity index (χ2v) is 4.41. The molecule has 0 aliphatic rings. The van der Waals surface area contributed by atoms with Gasteiger partial charge in [0.05, 0.1) is 6.54 Å². The van der Waals surface area contributed by atoms with E-state index in [2.05, 4.69) is 5.32 Å². The molecule has 1 amide bonds. The molecule has 0 fully saturated rings. The number of halogens is 1. The number of nitrogens with one attached hydrogen (secondary N) is 1. The number of nitrogens with zero attached hydrogens (tertiary/aromatic N) is 1. The Bertz CT molecular complexity index is 420. The molecule has 2 N–H and O–H groups in total. The highest BCUT2D eigenvalue weighted by Gasteiger charge is 2.08. The third-order valence-corrected chi connectivity index (χ3v) is 2.47. The summed E-state index contributed by atoms with van der Waals surface area (Å²) >= 11 is 5.77. The van der Waals surface area contributed by atoms with Crippen molar-refractivity contribution in [2.75, 3.05) is 20.1 Å². The van der Waals surface area contributed by atoms with Gasteiger partial charge >= 0.3 is 5.97 Å². The molecule has 0 bridgehead atoms. The Morgan fingerprint density at radius 3 is 2.50 bits per heavy atom. The molecule has 0 spiro atoms. The number of hydrogen-bond acceptors (Lipinski definition) is 3. The molecule has 0 aliphatic heterocycles. The molecule has 0 unspecified atom stereocenters. The maximum atomic E-state index is 11.4. The van der Waals surface area contributed by atoms with E-state index in [1.807, 2.05) is 12.1 Å². The van der Waals surface area contributed by atoms with Crippen LogP contribution in [-0.4, -0.2) is 42.0 Å². The third-order valence-electron chi connectivity index (χ3n) is 2.22. The van der Waals surface area contributed by atoms with Gasteiger partial charge in [0.2, 0.25) is 5.91 Å². The molecule has 0 heterocycles. The van der Waals surface area contributed by atoms with Crippen LogP contribution in [0, 0.1) is 0 Å². The Kier molecular flexibility index (Phi) is 5.61. The highest BCUT2D eigenvalue weighted by Crippen LogP contribution is 2.10. The van der Waals surface area contributed by atoms with Gasteiger partial charge in [-0.3, -0.25) is 14.5 Å². The van der Waals surface area contributed by atoms with E-state index in [-0.39, 0.29) is 19.0 Å². The predicted octanol–water partition coefficient (Wildman–Crippen LogP) is 0.973. The van der Waals surface area contributed by atoms with E-state index in [0.29, 0.717) is 11.6 Å². The fourth-order valence-electron chi connectivity index (χ4n) is 1.43. The molecule has 1 aromatic rings. The Balaban J connectivity index is 2.36. The molecule has 0 aromatic heterocycles. The molecule has 6 heteroatoms. The SMILES string of the molecule is CN(CC(=O)NCC(=O)O)Cc1ccc(Cl)cc1. The lowest BCUT2D eigenvalue weighted by Crippen LogP contribution is -2.37. The number of benzene rings is 1. The van der Waals surface area contributed by atoms with E-state index in [1.165, 1.54) is 0 Å². The van der Waals surface area contributed by atoms with Gasteiger partial charge in [-0.05, 0) is 24.7 Å². The van der Waals surface area contributed by atoms with Crippen LogP contribution in [0.1, 0.15) is 5.56 Å². The first-order chi connectivity index (χ1) is 8.47. The van der Waals surface area contributed by atoms with Crippen LogP contribution in [0.3, 0.4) is 0 Å². The lowest BCUT2D eigenvalue weighted by Gasteiger charge is -2.15. The third kappa shape index (κ3) is 5.65. The van der Waals surface area contributed by atoms with Gasteiger partial charge in [-0.25, -0.2) is 0 Å². The largest absolute Gasteiger partial charge is 0.480 e. The van der Waals surface area contributed by atoms with Crippen LogP contribution >= 0.6 is 11.6 Å². The van der Waals surface area contributed by atoms with E-state index in [4.69, 9.17) is 16.7 Å². The Morgan fingerprint density at radius 2 is 1.94 bits per heavy atom. The van der Waals surface area contributed by atoms with Crippen molar-refractivity contribution in [2.45, 2.75) is 6.54 Å². The molecule has 0 saturated heterocycles. The van der Waals surface area contributed by atoms with Crippen molar-refractivity contribution in [3.63, 3.8) is 0 Å². The quantitative estimate of drug-likeness (QED) is 0.808. The molecule has 0 atom stereocenters. The number of amides is 1. The number of hydrogen-bond donors (Lipinski definition) is 2. The van der Waals surface area contributed by atoms with Gasteiger partial charge in [-0.2, -0.15) is 0 Å². The van der Waals surface area contributed by atoms with Crippen molar-refractivity contribution < 1.29 is 14.7 Å². The van der Waals surface area contributed by atoms with Crippen LogP contribution < -0.4 is 5.32 Å². The van der Waals surface area contributed by atoms with E-state index >= 15 is 0 Å². The van der Waals surface area contributed by atoms with Crippen molar-refractivity contribution in [1.82, 2.24) is 10.2 Å². The number of aliphatic carboxylic acids is 1. The van der Waals surface area contributed by atoms with Crippen molar-refractivity contribution in [2.24, 2.45) is 0 Å². The first-order valence-electron chi connectivity index (χ1n) is 5.39. The van der Waals surface area contributed by atoms with E-state index in [9.17, 15) is 9.59 Å². The van der Waals surface area contributed by atoms with Crippen LogP contribution in [0.5, 0.6) is 0 Å². The summed E-state index contributed by atoms with van der Waals surface area (Å²) in [5.41, 5.74) is 1.04. The second kappa shape index (κ2) is 6.98. The van der Waals surface area contributed by atoms with E-state index in [1.54, 1.807) is 24.1 Å². The molecule has 5 nitrogen and oxygen atoms in total. The van der Waals surface area contributed by atoms with Crippen molar-refractivity contribution in [3.05, 3.63) is 34.9 Å². The van der Waals surface area contributed by atoms with Gasteiger partial charge in [0, 0.05) is 11.6 Å². The van der Waals surface area contributed by atoms with Crippen LogP contribution in [0.25, 0.3) is 0 Å². The van der Waals surface area contributed by atoms with Crippen LogP contribution in [0.15, 0.2) is 24.3 Å². The molecule has 0 aliphatic carbocycles. The average molecular weight is 271 g/mol. The van der Waals surface area contributed by atoms with Gasteiger partial charge in [0.25, 0.3) is 0 Å². The summed E-state index contributed by atoms with van der Waals surface area (Å²) in [4.78, 5) is 23.4. The average Bonchev–Trinajstić information content (AvgIpc) is 2.29. The zero-order chi connectivity index (χ0) is 13.5. The summed E-state index contributed by atoms with van der Waals surface area (Å²) in [6, 6.07) is 7.34. The monoisotopic (exact) mass is 270 g/mol. The standard InChI is InChI=1S/C12H15ClN2O3/c1-15(8-11(16)14-6-12(17)18)7-9-2-4-10(13)5-3-9/h2-5H,6-8H2,1H3,(H,14,16)(H,17,18). The summed E-state index contributed by atoms with van der Waals surface area (Å²) in [6.45, 7) is 0.390. The first-order valence-corrected chi connectivity index (χ1v) is 5.76. The first kappa shape index (κ1) is 14.5. The smallest absolute Gasteiger partial charge is 0.322 e. The molecule has 1 rings (SSSR count). The summed E-state index contributed by atoms with van der Waals surface area (Å²) in [6.07, 6.45) is 0. The fraction of sp³-hybridized carbons (Fsp3) is 0.333. The molecule has 98 valence electrons. The van der Waals surface area contributed by atoms with Crippen molar-refractivity contribution in [3.8, 4) is 0 Å². The number of carboxylic acid groups (broad SMARTS) is 1. The predicted molar refractivity (Wildman–Crippen MR) is 68.4 cm³/mol. The van der Waals surface area contributed by atoms with E-state index in [0.717, 1.165) is 5.56 Å². The van der Waals surface area contributed by atoms with Crippen LogP contribution in [-0.2, 0) is 16.1 Å². The Morgan fingerprint density at radius 1 is 1.33 bits per heavy atom. The van der Waals surface area contributed by atoms with Gasteiger partial charge in [0.1, 0.15) is 6.54 Å². The summed E-state index contributed by atoms with van der Waals surface area (Å²) in [7, 11) is 1.79. The Labute approximate surface area is 110 Å². The molecular formula is C12H15ClN2O3. The summed E-state index contributed by atoms with van der Waals surface area (Å²) in [5, 5.41) is 11.4. The van der Waals surface area contributed by atoms with E-state index < -0.39 is 5.97 Å². The normalized spacial score (nSPS) is 10.4. The van der Waals surface area contributed by atoms with Crippen LogP contribution in [0.4, 0.5) is 0 Å². The minimum Gasteiger partial charge on any atom is -0.480 e.